The quantitative estimate of drug-likeness (QED) is 0.540. The third-order valence-corrected chi connectivity index (χ3v) is 6.25. The SMILES string of the molecule is O=C(Nc1ccc(-c2nnc(NCCCN3CCOCC3)o2)c(C(F)(F)F)c1)C1CCCCC1. The monoisotopic (exact) mass is 481 g/mol. The second-order valence-electron chi connectivity index (χ2n) is 8.73. The Morgan fingerprint density at radius 1 is 1.12 bits per heavy atom. The van der Waals surface area contributed by atoms with E-state index < -0.39 is 11.7 Å². The van der Waals surface area contributed by atoms with Gasteiger partial charge in [-0.15, -0.1) is 5.10 Å². The number of alkyl halides is 3. The van der Waals surface area contributed by atoms with Crippen LogP contribution < -0.4 is 10.6 Å². The lowest BCUT2D eigenvalue weighted by Gasteiger charge is -2.26. The van der Waals surface area contributed by atoms with Gasteiger partial charge < -0.3 is 19.8 Å². The van der Waals surface area contributed by atoms with Crippen molar-refractivity contribution < 1.29 is 27.1 Å². The Kier molecular flexibility index (Phi) is 8.04. The molecular formula is C23H30F3N5O3. The summed E-state index contributed by atoms with van der Waals surface area (Å²) in [5.41, 5.74) is -1.05. The summed E-state index contributed by atoms with van der Waals surface area (Å²) in [6.07, 6.45) is 0.714. The molecule has 0 atom stereocenters. The molecule has 1 saturated heterocycles. The Morgan fingerprint density at radius 3 is 2.62 bits per heavy atom. The molecule has 2 fully saturated rings. The Morgan fingerprint density at radius 2 is 1.88 bits per heavy atom. The molecule has 1 saturated carbocycles. The van der Waals surface area contributed by atoms with Crippen LogP contribution in [0.2, 0.25) is 0 Å². The molecule has 0 bridgehead atoms. The molecule has 2 N–H and O–H groups in total. The van der Waals surface area contributed by atoms with Gasteiger partial charge in [-0.05, 0) is 44.0 Å². The number of ether oxygens (including phenoxy) is 1. The molecule has 11 heteroatoms. The first kappa shape index (κ1) is 24.5. The molecule has 1 aromatic carbocycles. The number of aromatic nitrogens is 2. The van der Waals surface area contributed by atoms with E-state index in [2.05, 4.69) is 25.7 Å². The van der Waals surface area contributed by atoms with E-state index >= 15 is 0 Å². The third-order valence-electron chi connectivity index (χ3n) is 6.25. The number of carbonyl (C=O) groups is 1. The van der Waals surface area contributed by atoms with Gasteiger partial charge in [0.2, 0.25) is 11.8 Å². The fourth-order valence-corrected chi connectivity index (χ4v) is 4.38. The van der Waals surface area contributed by atoms with Crippen LogP contribution in [0.1, 0.15) is 44.1 Å². The van der Waals surface area contributed by atoms with Crippen LogP contribution in [0.15, 0.2) is 22.6 Å². The number of benzene rings is 1. The van der Waals surface area contributed by atoms with Gasteiger partial charge in [-0.2, -0.15) is 13.2 Å². The van der Waals surface area contributed by atoms with E-state index in [1.165, 1.54) is 12.1 Å². The van der Waals surface area contributed by atoms with E-state index in [-0.39, 0.29) is 35.0 Å². The van der Waals surface area contributed by atoms with Crippen LogP contribution in [0.5, 0.6) is 0 Å². The summed E-state index contributed by atoms with van der Waals surface area (Å²) >= 11 is 0. The number of morpholine rings is 1. The standard InChI is InChI=1S/C23H30F3N5O3/c24-23(25,26)19-15-17(28-20(32)16-5-2-1-3-6-16)7-8-18(19)21-29-30-22(34-21)27-9-4-10-31-11-13-33-14-12-31/h7-8,15-16H,1-6,9-14H2,(H,27,30)(H,28,32). The molecule has 4 rings (SSSR count). The van der Waals surface area contributed by atoms with Gasteiger partial charge in [-0.25, -0.2) is 0 Å². The zero-order valence-electron chi connectivity index (χ0n) is 19.0. The highest BCUT2D eigenvalue weighted by molar-refractivity contribution is 5.93. The first-order chi connectivity index (χ1) is 16.4. The average molecular weight is 482 g/mol. The van der Waals surface area contributed by atoms with Crippen molar-refractivity contribution >= 4 is 17.6 Å². The van der Waals surface area contributed by atoms with Crippen LogP contribution >= 0.6 is 0 Å². The summed E-state index contributed by atoms with van der Waals surface area (Å²) in [6.45, 7) is 4.67. The average Bonchev–Trinajstić information content (AvgIpc) is 3.31. The number of anilines is 2. The van der Waals surface area contributed by atoms with Crippen molar-refractivity contribution in [3.05, 3.63) is 23.8 Å². The highest BCUT2D eigenvalue weighted by Gasteiger charge is 2.36. The van der Waals surface area contributed by atoms with Gasteiger partial charge in [0.05, 0.1) is 24.3 Å². The molecular weight excluding hydrogens is 451 g/mol. The number of nitrogens with zero attached hydrogens (tertiary/aromatic N) is 3. The van der Waals surface area contributed by atoms with Crippen LogP contribution in [-0.2, 0) is 15.7 Å². The highest BCUT2D eigenvalue weighted by Crippen LogP contribution is 2.38. The summed E-state index contributed by atoms with van der Waals surface area (Å²) < 4.78 is 52.2. The number of halogens is 3. The lowest BCUT2D eigenvalue weighted by atomic mass is 9.88. The molecule has 2 heterocycles. The Labute approximate surface area is 196 Å². The lowest BCUT2D eigenvalue weighted by molar-refractivity contribution is -0.137. The zero-order valence-corrected chi connectivity index (χ0v) is 19.0. The Bertz CT molecular complexity index is 954. The van der Waals surface area contributed by atoms with Crippen LogP contribution in [0.4, 0.5) is 24.9 Å². The minimum atomic E-state index is -4.65. The molecule has 8 nitrogen and oxygen atoms in total. The molecule has 0 radical (unpaired) electrons. The molecule has 0 spiro atoms. The molecule has 186 valence electrons. The van der Waals surface area contributed by atoms with Gasteiger partial charge in [-0.3, -0.25) is 9.69 Å². The van der Waals surface area contributed by atoms with Gasteiger partial charge in [-0.1, -0.05) is 24.4 Å². The van der Waals surface area contributed by atoms with Gasteiger partial charge in [0, 0.05) is 31.2 Å². The smallest absolute Gasteiger partial charge is 0.403 e. The van der Waals surface area contributed by atoms with Crippen LogP contribution in [0.25, 0.3) is 11.5 Å². The molecule has 1 aliphatic heterocycles. The van der Waals surface area contributed by atoms with E-state index in [1.54, 1.807) is 0 Å². The van der Waals surface area contributed by atoms with Gasteiger partial charge >= 0.3 is 12.2 Å². The van der Waals surface area contributed by atoms with Crippen molar-refractivity contribution in [3.8, 4) is 11.5 Å². The van der Waals surface area contributed by atoms with Crippen molar-refractivity contribution in [2.24, 2.45) is 5.92 Å². The first-order valence-electron chi connectivity index (χ1n) is 11.8. The number of carbonyl (C=O) groups excluding carboxylic acids is 1. The van der Waals surface area contributed by atoms with E-state index in [0.29, 0.717) is 6.54 Å². The number of hydrogen-bond donors (Lipinski definition) is 2. The maximum absolute atomic E-state index is 13.8. The van der Waals surface area contributed by atoms with Gasteiger partial charge in [0.15, 0.2) is 0 Å². The van der Waals surface area contributed by atoms with Gasteiger partial charge in [0.25, 0.3) is 0 Å². The molecule has 2 aliphatic rings. The number of nitrogens with one attached hydrogen (secondary N) is 2. The van der Waals surface area contributed by atoms with Gasteiger partial charge in [0.1, 0.15) is 0 Å². The molecule has 1 amide bonds. The summed E-state index contributed by atoms with van der Waals surface area (Å²) in [5, 5.41) is 13.2. The maximum atomic E-state index is 13.8. The Balaban J connectivity index is 1.39. The molecule has 2 aromatic rings. The number of hydrogen-bond acceptors (Lipinski definition) is 7. The molecule has 1 aromatic heterocycles. The van der Waals surface area contributed by atoms with E-state index in [9.17, 15) is 18.0 Å². The maximum Gasteiger partial charge on any atom is 0.417 e. The van der Waals surface area contributed by atoms with Crippen molar-refractivity contribution in [2.45, 2.75) is 44.7 Å². The van der Waals surface area contributed by atoms with Crippen molar-refractivity contribution in [3.63, 3.8) is 0 Å². The predicted octanol–water partition coefficient (Wildman–Crippen LogP) is 4.41. The predicted molar refractivity (Wildman–Crippen MR) is 120 cm³/mol. The number of rotatable bonds is 8. The van der Waals surface area contributed by atoms with E-state index in [4.69, 9.17) is 9.15 Å². The molecule has 1 aliphatic carbocycles. The topological polar surface area (TPSA) is 92.5 Å². The van der Waals surface area contributed by atoms with Crippen molar-refractivity contribution in [1.82, 2.24) is 15.1 Å². The van der Waals surface area contributed by atoms with E-state index in [1.807, 2.05) is 0 Å². The second-order valence-corrected chi connectivity index (χ2v) is 8.73. The summed E-state index contributed by atoms with van der Waals surface area (Å²) in [7, 11) is 0. The van der Waals surface area contributed by atoms with E-state index in [0.717, 1.165) is 77.4 Å². The molecule has 0 unspecified atom stereocenters. The molecule has 34 heavy (non-hydrogen) atoms. The minimum Gasteiger partial charge on any atom is -0.403 e. The first-order valence-corrected chi connectivity index (χ1v) is 11.8. The number of amides is 1. The fraction of sp³-hybridized carbons (Fsp3) is 0.609. The third kappa shape index (κ3) is 6.47. The zero-order chi connectivity index (χ0) is 24.0. The van der Waals surface area contributed by atoms with Crippen molar-refractivity contribution in [2.75, 3.05) is 50.0 Å². The highest BCUT2D eigenvalue weighted by atomic mass is 19.4. The van der Waals surface area contributed by atoms with Crippen molar-refractivity contribution in [1.29, 1.82) is 0 Å². The largest absolute Gasteiger partial charge is 0.417 e. The second kappa shape index (κ2) is 11.2. The van der Waals surface area contributed by atoms with Crippen LogP contribution in [0.3, 0.4) is 0 Å². The minimum absolute atomic E-state index is 0.0692. The summed E-state index contributed by atoms with van der Waals surface area (Å²) in [5.74, 6) is -0.620. The fourth-order valence-electron chi connectivity index (χ4n) is 4.38. The summed E-state index contributed by atoms with van der Waals surface area (Å²) in [4.78, 5) is 14.7. The Hall–Kier alpha value is -2.66. The van der Waals surface area contributed by atoms with Crippen LogP contribution in [0, 0.1) is 5.92 Å². The lowest BCUT2D eigenvalue weighted by Crippen LogP contribution is -2.37. The van der Waals surface area contributed by atoms with Crippen LogP contribution in [-0.4, -0.2) is 60.4 Å². The normalized spacial score (nSPS) is 18.1. The summed E-state index contributed by atoms with van der Waals surface area (Å²) in [6, 6.07) is 3.69.